The van der Waals surface area contributed by atoms with Crippen molar-refractivity contribution in [3.8, 4) is 0 Å². The van der Waals surface area contributed by atoms with Gasteiger partial charge in [0.25, 0.3) is 5.69 Å². The summed E-state index contributed by atoms with van der Waals surface area (Å²) in [4.78, 5) is 35.3. The summed E-state index contributed by atoms with van der Waals surface area (Å²) in [5.74, 6) is -0.497. The molecule has 0 atom stereocenters. The Balaban J connectivity index is 2.67. The highest BCUT2D eigenvalue weighted by atomic mass is 16.6. The molecule has 0 saturated carbocycles. The van der Waals surface area contributed by atoms with Gasteiger partial charge in [-0.15, -0.1) is 0 Å². The molecule has 23 heavy (non-hydrogen) atoms. The lowest BCUT2D eigenvalue weighted by molar-refractivity contribution is -0.384. The van der Waals surface area contributed by atoms with Gasteiger partial charge in [-0.25, -0.2) is 0 Å². The second-order valence-electron chi connectivity index (χ2n) is 5.26. The number of rotatable bonds is 7. The molecule has 0 spiro atoms. The zero-order valence-corrected chi connectivity index (χ0v) is 13.5. The lowest BCUT2D eigenvalue weighted by atomic mass is 10.2. The van der Waals surface area contributed by atoms with Gasteiger partial charge in [0.05, 0.1) is 11.5 Å². The van der Waals surface area contributed by atoms with E-state index in [1.165, 1.54) is 23.1 Å². The fraction of sp³-hybridized carbons (Fsp3) is 0.375. The summed E-state index contributed by atoms with van der Waals surface area (Å²) < 4.78 is 0. The van der Waals surface area contributed by atoms with E-state index in [1.54, 1.807) is 25.1 Å². The predicted molar refractivity (Wildman–Crippen MR) is 87.7 cm³/mol. The third-order valence-electron chi connectivity index (χ3n) is 3.00. The standard InChI is InChI=1S/C16H21N3O4/c1-4-18(11-15(20)17-12(2)3)16(21)10-7-13-5-8-14(9-6-13)19(22)23/h5-10,12H,4,11H2,1-3H3,(H,17,20)/b10-7+. The number of nitrogens with zero attached hydrogens (tertiary/aromatic N) is 2. The Morgan fingerprint density at radius 3 is 2.39 bits per heavy atom. The SMILES string of the molecule is CCN(CC(=O)NC(C)C)C(=O)/C=C/c1ccc([N+](=O)[O-])cc1. The summed E-state index contributed by atoms with van der Waals surface area (Å²) >= 11 is 0. The van der Waals surface area contributed by atoms with Crippen molar-refractivity contribution < 1.29 is 14.5 Å². The van der Waals surface area contributed by atoms with E-state index in [-0.39, 0.29) is 30.1 Å². The largest absolute Gasteiger partial charge is 0.352 e. The van der Waals surface area contributed by atoms with Crippen LogP contribution < -0.4 is 5.32 Å². The van der Waals surface area contributed by atoms with Crippen LogP contribution in [0.25, 0.3) is 6.08 Å². The molecule has 1 rings (SSSR count). The smallest absolute Gasteiger partial charge is 0.269 e. The Labute approximate surface area is 135 Å². The van der Waals surface area contributed by atoms with Crippen LogP contribution in [0.3, 0.4) is 0 Å². The lowest BCUT2D eigenvalue weighted by Crippen LogP contribution is -2.42. The number of nitro groups is 1. The molecule has 0 aliphatic rings. The zero-order valence-electron chi connectivity index (χ0n) is 13.5. The molecule has 0 aromatic heterocycles. The van der Waals surface area contributed by atoms with Crippen LogP contribution in [0.1, 0.15) is 26.3 Å². The van der Waals surface area contributed by atoms with Crippen LogP contribution in [0.15, 0.2) is 30.3 Å². The maximum Gasteiger partial charge on any atom is 0.269 e. The maximum absolute atomic E-state index is 12.1. The van der Waals surface area contributed by atoms with Crippen LogP contribution >= 0.6 is 0 Å². The first-order valence-electron chi connectivity index (χ1n) is 7.34. The van der Waals surface area contributed by atoms with Gasteiger partial charge in [0.15, 0.2) is 0 Å². The average Bonchev–Trinajstić information content (AvgIpc) is 2.49. The Bertz CT molecular complexity index is 594. The first-order valence-corrected chi connectivity index (χ1v) is 7.34. The first-order chi connectivity index (χ1) is 10.8. The maximum atomic E-state index is 12.1. The summed E-state index contributed by atoms with van der Waals surface area (Å²) in [5, 5.41) is 13.3. The number of likely N-dealkylation sites (N-methyl/N-ethyl adjacent to an activating group) is 1. The topological polar surface area (TPSA) is 92.6 Å². The minimum Gasteiger partial charge on any atom is -0.352 e. The molecule has 0 unspecified atom stereocenters. The Kier molecular flexibility index (Phi) is 6.92. The molecule has 0 radical (unpaired) electrons. The molecule has 7 heteroatoms. The lowest BCUT2D eigenvalue weighted by Gasteiger charge is -2.19. The van der Waals surface area contributed by atoms with Crippen molar-refractivity contribution in [1.82, 2.24) is 10.2 Å². The van der Waals surface area contributed by atoms with Crippen molar-refractivity contribution in [1.29, 1.82) is 0 Å². The molecule has 124 valence electrons. The van der Waals surface area contributed by atoms with Crippen LogP contribution in [-0.2, 0) is 9.59 Å². The third-order valence-corrected chi connectivity index (χ3v) is 3.00. The van der Waals surface area contributed by atoms with Crippen molar-refractivity contribution >= 4 is 23.6 Å². The van der Waals surface area contributed by atoms with Gasteiger partial charge >= 0.3 is 0 Å². The molecule has 1 aromatic rings. The van der Waals surface area contributed by atoms with Gasteiger partial charge in [0.1, 0.15) is 0 Å². The van der Waals surface area contributed by atoms with Gasteiger partial charge < -0.3 is 10.2 Å². The molecular weight excluding hydrogens is 298 g/mol. The van der Waals surface area contributed by atoms with Gasteiger partial charge in [0, 0.05) is 30.8 Å². The Hall–Kier alpha value is -2.70. The molecule has 1 aromatic carbocycles. The molecular formula is C16H21N3O4. The monoisotopic (exact) mass is 319 g/mol. The summed E-state index contributed by atoms with van der Waals surface area (Å²) in [7, 11) is 0. The van der Waals surface area contributed by atoms with Gasteiger partial charge in [-0.3, -0.25) is 19.7 Å². The highest BCUT2D eigenvalue weighted by molar-refractivity contribution is 5.94. The van der Waals surface area contributed by atoms with Crippen LogP contribution in [0, 0.1) is 10.1 Å². The van der Waals surface area contributed by atoms with Crippen molar-refractivity contribution in [2.24, 2.45) is 0 Å². The van der Waals surface area contributed by atoms with E-state index in [4.69, 9.17) is 0 Å². The van der Waals surface area contributed by atoms with Gasteiger partial charge in [-0.05, 0) is 44.5 Å². The van der Waals surface area contributed by atoms with E-state index in [9.17, 15) is 19.7 Å². The van der Waals surface area contributed by atoms with Crippen LogP contribution in [0.4, 0.5) is 5.69 Å². The quantitative estimate of drug-likeness (QED) is 0.472. The van der Waals surface area contributed by atoms with E-state index >= 15 is 0 Å². The van der Waals surface area contributed by atoms with E-state index in [0.29, 0.717) is 12.1 Å². The highest BCUT2D eigenvalue weighted by Crippen LogP contribution is 2.12. The number of carbonyl (C=O) groups is 2. The minimum absolute atomic E-state index is 0.00187. The van der Waals surface area contributed by atoms with Crippen LogP contribution in [0.2, 0.25) is 0 Å². The summed E-state index contributed by atoms with van der Waals surface area (Å²) in [6.07, 6.45) is 2.92. The molecule has 0 heterocycles. The molecule has 0 aliphatic carbocycles. The zero-order chi connectivity index (χ0) is 17.4. The average molecular weight is 319 g/mol. The normalized spacial score (nSPS) is 10.8. The number of amides is 2. The first kappa shape index (κ1) is 18.3. The van der Waals surface area contributed by atoms with E-state index in [0.717, 1.165) is 0 Å². The number of nitro benzene ring substituents is 1. The van der Waals surface area contributed by atoms with Crippen molar-refractivity contribution in [3.63, 3.8) is 0 Å². The van der Waals surface area contributed by atoms with Crippen molar-refractivity contribution in [2.75, 3.05) is 13.1 Å². The summed E-state index contributed by atoms with van der Waals surface area (Å²) in [6, 6.07) is 5.88. The van der Waals surface area contributed by atoms with Crippen molar-refractivity contribution in [2.45, 2.75) is 26.8 Å². The Morgan fingerprint density at radius 2 is 1.91 bits per heavy atom. The fourth-order valence-electron chi connectivity index (χ4n) is 1.87. The molecule has 1 N–H and O–H groups in total. The number of hydrogen-bond donors (Lipinski definition) is 1. The van der Waals surface area contributed by atoms with Gasteiger partial charge in [-0.1, -0.05) is 0 Å². The van der Waals surface area contributed by atoms with E-state index in [2.05, 4.69) is 5.32 Å². The van der Waals surface area contributed by atoms with Crippen molar-refractivity contribution in [3.05, 3.63) is 46.0 Å². The van der Waals surface area contributed by atoms with Gasteiger partial charge in [0.2, 0.25) is 11.8 Å². The summed E-state index contributed by atoms with van der Waals surface area (Å²) in [6.45, 7) is 5.91. The predicted octanol–water partition coefficient (Wildman–Crippen LogP) is 1.98. The van der Waals surface area contributed by atoms with Crippen LogP contribution in [-0.4, -0.2) is 40.8 Å². The molecule has 2 amide bonds. The van der Waals surface area contributed by atoms with E-state index < -0.39 is 4.92 Å². The number of hydrogen-bond acceptors (Lipinski definition) is 4. The number of non-ortho nitro benzene ring substituents is 1. The second-order valence-corrected chi connectivity index (χ2v) is 5.26. The molecule has 0 fully saturated rings. The highest BCUT2D eigenvalue weighted by Gasteiger charge is 2.13. The third kappa shape index (κ3) is 6.29. The molecule has 0 saturated heterocycles. The molecule has 7 nitrogen and oxygen atoms in total. The van der Waals surface area contributed by atoms with Gasteiger partial charge in [-0.2, -0.15) is 0 Å². The molecule has 0 bridgehead atoms. The number of benzene rings is 1. The van der Waals surface area contributed by atoms with Crippen LogP contribution in [0.5, 0.6) is 0 Å². The van der Waals surface area contributed by atoms with E-state index in [1.807, 2.05) is 13.8 Å². The minimum atomic E-state index is -0.481. The fourth-order valence-corrected chi connectivity index (χ4v) is 1.87. The number of carbonyl (C=O) groups excluding carboxylic acids is 2. The molecule has 0 aliphatic heterocycles. The number of nitrogens with one attached hydrogen (secondary N) is 1. The Morgan fingerprint density at radius 1 is 1.30 bits per heavy atom. The summed E-state index contributed by atoms with van der Waals surface area (Å²) in [5.41, 5.74) is 0.667. The second kappa shape index (κ2) is 8.67.